The molecule has 0 aromatic heterocycles. The Morgan fingerprint density at radius 3 is 2.48 bits per heavy atom. The Morgan fingerprint density at radius 2 is 1.79 bits per heavy atom. The molecular weight excluding hydrogens is 548 g/mol. The van der Waals surface area contributed by atoms with E-state index in [-0.39, 0.29) is 39.6 Å². The van der Waals surface area contributed by atoms with Crippen molar-refractivity contribution in [1.82, 2.24) is 0 Å². The number of hydrogen-bond acceptors (Lipinski definition) is 4. The Balaban J connectivity index is 1.79. The molecule has 1 fully saturated rings. The van der Waals surface area contributed by atoms with Gasteiger partial charge in [0.25, 0.3) is 0 Å². The summed E-state index contributed by atoms with van der Waals surface area (Å²) in [7, 11) is 0. The maximum atomic E-state index is 13.1. The van der Waals surface area contributed by atoms with Gasteiger partial charge in [-0.1, -0.05) is 50.4 Å². The maximum absolute atomic E-state index is 13.1. The molecule has 0 radical (unpaired) electrons. The predicted molar refractivity (Wildman–Crippen MR) is 138 cm³/mol. The standard InChI is InChI=1S/C27H36Br2O4/c1-16-6-9-21(28)26(4)12-10-22(29)27(5)13-11-23(25(2,3)33-27)32-24(31)17-7-8-20(30)18(14-17)15-19(16)26/h6-8,14,19,21-23,30H,9-13,15H2,1-5H3/t19-,21+,22-,23+,26+,27+/m1/s1. The van der Waals surface area contributed by atoms with E-state index in [1.165, 1.54) is 5.57 Å². The fourth-order valence-electron chi connectivity index (χ4n) is 6.10. The molecule has 1 aromatic carbocycles. The van der Waals surface area contributed by atoms with Crippen LogP contribution in [0.1, 0.15) is 82.6 Å². The van der Waals surface area contributed by atoms with Gasteiger partial charge in [-0.05, 0) is 101 Å². The Labute approximate surface area is 214 Å². The third kappa shape index (κ3) is 4.69. The Bertz CT molecular complexity index is 957. The van der Waals surface area contributed by atoms with Gasteiger partial charge in [0.1, 0.15) is 17.5 Å². The first kappa shape index (κ1) is 25.2. The molecule has 0 unspecified atom stereocenters. The highest BCUT2D eigenvalue weighted by atomic mass is 79.9. The quantitative estimate of drug-likeness (QED) is 0.201. The van der Waals surface area contributed by atoms with Crippen LogP contribution >= 0.6 is 31.9 Å². The molecule has 4 nitrogen and oxygen atoms in total. The van der Waals surface area contributed by atoms with E-state index < -0.39 is 5.60 Å². The summed E-state index contributed by atoms with van der Waals surface area (Å²) in [4.78, 5) is 13.6. The maximum Gasteiger partial charge on any atom is 0.338 e. The van der Waals surface area contributed by atoms with Crippen LogP contribution in [0.5, 0.6) is 5.75 Å². The first-order valence-electron chi connectivity index (χ1n) is 12.0. The first-order valence-corrected chi connectivity index (χ1v) is 13.9. The third-order valence-corrected chi connectivity index (χ3v) is 11.3. The second kappa shape index (κ2) is 8.98. The number of carbonyl (C=O) groups excluding carboxylic acids is 1. The molecule has 33 heavy (non-hydrogen) atoms. The highest BCUT2D eigenvalue weighted by molar-refractivity contribution is 9.09. The Morgan fingerprint density at radius 1 is 1.06 bits per heavy atom. The fourth-order valence-corrected chi connectivity index (χ4v) is 7.39. The number of ether oxygens (including phenoxy) is 2. The van der Waals surface area contributed by atoms with Gasteiger partial charge in [-0.2, -0.15) is 0 Å². The van der Waals surface area contributed by atoms with Crippen LogP contribution in [0.2, 0.25) is 0 Å². The number of esters is 1. The number of fused-ring (bicyclic) bond motifs is 5. The number of alkyl halides is 2. The summed E-state index contributed by atoms with van der Waals surface area (Å²) in [5.41, 5.74) is 1.69. The summed E-state index contributed by atoms with van der Waals surface area (Å²) in [6, 6.07) is 5.10. The molecule has 6 heteroatoms. The van der Waals surface area contributed by atoms with Crippen molar-refractivity contribution in [2.24, 2.45) is 11.3 Å². The number of rotatable bonds is 0. The highest BCUT2D eigenvalue weighted by Gasteiger charge is 2.50. The van der Waals surface area contributed by atoms with E-state index >= 15 is 0 Å². The van der Waals surface area contributed by atoms with Crippen LogP contribution in [0.4, 0.5) is 0 Å². The predicted octanol–water partition coefficient (Wildman–Crippen LogP) is 7.10. The number of carbonyl (C=O) groups is 1. The molecule has 5 rings (SSSR count). The van der Waals surface area contributed by atoms with E-state index in [1.54, 1.807) is 12.1 Å². The Hall–Kier alpha value is -0.850. The van der Waals surface area contributed by atoms with Gasteiger partial charge in [0.05, 0.1) is 11.2 Å². The number of phenols is 1. The molecule has 4 aliphatic rings. The van der Waals surface area contributed by atoms with E-state index in [2.05, 4.69) is 58.7 Å². The van der Waals surface area contributed by atoms with E-state index in [0.29, 0.717) is 16.8 Å². The highest BCUT2D eigenvalue weighted by Crippen LogP contribution is 2.52. The van der Waals surface area contributed by atoms with Crippen molar-refractivity contribution in [2.45, 2.75) is 100 Å². The van der Waals surface area contributed by atoms with E-state index in [4.69, 9.17) is 9.47 Å². The van der Waals surface area contributed by atoms with Crippen LogP contribution in [0.3, 0.4) is 0 Å². The average molecular weight is 584 g/mol. The number of aromatic hydroxyl groups is 1. The van der Waals surface area contributed by atoms with Gasteiger partial charge >= 0.3 is 5.97 Å². The van der Waals surface area contributed by atoms with Crippen molar-refractivity contribution in [3.8, 4) is 5.75 Å². The van der Waals surface area contributed by atoms with Crippen molar-refractivity contribution in [1.29, 1.82) is 0 Å². The normalized spacial score (nSPS) is 39.0. The summed E-state index contributed by atoms with van der Waals surface area (Å²) in [6.07, 6.45) is 7.24. The largest absolute Gasteiger partial charge is 0.508 e. The molecule has 182 valence electrons. The first-order chi connectivity index (χ1) is 15.4. The zero-order valence-corrected chi connectivity index (χ0v) is 23.5. The zero-order chi connectivity index (χ0) is 24.2. The summed E-state index contributed by atoms with van der Waals surface area (Å²) in [5, 5.41) is 10.7. The monoisotopic (exact) mass is 582 g/mol. The van der Waals surface area contributed by atoms with Gasteiger partial charge in [0.15, 0.2) is 0 Å². The van der Waals surface area contributed by atoms with Gasteiger partial charge < -0.3 is 14.6 Å². The van der Waals surface area contributed by atoms with Gasteiger partial charge in [-0.3, -0.25) is 0 Å². The van der Waals surface area contributed by atoms with Crippen LogP contribution in [-0.2, 0) is 15.9 Å². The zero-order valence-electron chi connectivity index (χ0n) is 20.3. The third-order valence-electron chi connectivity index (χ3n) is 8.47. The van der Waals surface area contributed by atoms with Crippen molar-refractivity contribution in [3.63, 3.8) is 0 Å². The lowest BCUT2D eigenvalue weighted by atomic mass is 9.62. The van der Waals surface area contributed by atoms with Crippen molar-refractivity contribution in [3.05, 3.63) is 41.0 Å². The van der Waals surface area contributed by atoms with Gasteiger partial charge in [0, 0.05) is 9.65 Å². The van der Waals surface area contributed by atoms with Crippen LogP contribution in [0.25, 0.3) is 0 Å². The summed E-state index contributed by atoms with van der Waals surface area (Å²) in [6.45, 7) is 10.8. The molecule has 1 saturated heterocycles. The fraction of sp³-hybridized carbons (Fsp3) is 0.667. The number of benzene rings is 1. The molecule has 4 bridgehead atoms. The topological polar surface area (TPSA) is 55.8 Å². The minimum absolute atomic E-state index is 0.00291. The van der Waals surface area contributed by atoms with Crippen LogP contribution in [0.15, 0.2) is 29.8 Å². The molecule has 3 aliphatic heterocycles. The number of halogens is 2. The summed E-state index contributed by atoms with van der Waals surface area (Å²) in [5.74, 6) is 0.126. The number of allylic oxidation sites excluding steroid dienone is 2. The molecule has 0 saturated carbocycles. The second-order valence-corrected chi connectivity index (χ2v) is 13.4. The minimum Gasteiger partial charge on any atom is -0.508 e. The van der Waals surface area contributed by atoms with Crippen LogP contribution < -0.4 is 0 Å². The molecule has 1 aliphatic carbocycles. The minimum atomic E-state index is -0.594. The van der Waals surface area contributed by atoms with Crippen molar-refractivity contribution < 1.29 is 19.4 Å². The molecule has 1 aromatic rings. The van der Waals surface area contributed by atoms with Crippen molar-refractivity contribution in [2.75, 3.05) is 0 Å². The molecule has 3 heterocycles. The van der Waals surface area contributed by atoms with Gasteiger partial charge in [-0.25, -0.2) is 4.79 Å². The van der Waals surface area contributed by atoms with Gasteiger partial charge in [-0.15, -0.1) is 0 Å². The summed E-state index contributed by atoms with van der Waals surface area (Å²) >= 11 is 8.00. The average Bonchev–Trinajstić information content (AvgIpc) is 2.74. The molecule has 0 amide bonds. The lowest BCUT2D eigenvalue weighted by Crippen LogP contribution is -2.56. The smallest absolute Gasteiger partial charge is 0.338 e. The van der Waals surface area contributed by atoms with E-state index in [1.807, 2.05) is 19.9 Å². The molecule has 1 N–H and O–H groups in total. The van der Waals surface area contributed by atoms with E-state index in [9.17, 15) is 9.90 Å². The van der Waals surface area contributed by atoms with Gasteiger partial charge in [0.2, 0.25) is 0 Å². The van der Waals surface area contributed by atoms with Crippen molar-refractivity contribution >= 4 is 37.8 Å². The molecule has 0 spiro atoms. The molecular formula is C27H36Br2O4. The molecule has 6 atom stereocenters. The number of hydrogen-bond donors (Lipinski definition) is 1. The van der Waals surface area contributed by atoms with E-state index in [0.717, 1.165) is 37.7 Å². The number of phenolic OH excluding ortho intramolecular Hbond substituents is 1. The van der Waals surface area contributed by atoms with Crippen LogP contribution in [-0.4, -0.2) is 38.0 Å². The summed E-state index contributed by atoms with van der Waals surface area (Å²) < 4.78 is 12.6. The lowest BCUT2D eigenvalue weighted by Gasteiger charge is -2.50. The van der Waals surface area contributed by atoms with Crippen LogP contribution in [0, 0.1) is 11.3 Å². The Kier molecular flexibility index (Phi) is 6.87. The second-order valence-electron chi connectivity index (χ2n) is 11.2. The SMILES string of the molecule is CC1=CC[C@H](Br)[C@@]2(C)CC[C@@H](Br)[C@]3(C)CC[C@H](OC(=O)c4ccc(O)c(c4)C[C@H]12)C(C)(C)O3. The lowest BCUT2D eigenvalue weighted by molar-refractivity contribution is -0.214.